The van der Waals surface area contributed by atoms with Gasteiger partial charge in [-0.2, -0.15) is 4.31 Å². The van der Waals surface area contributed by atoms with E-state index in [-0.39, 0.29) is 23.2 Å². The highest BCUT2D eigenvalue weighted by atomic mass is 35.5. The maximum atomic E-state index is 12.9. The lowest BCUT2D eigenvalue weighted by Gasteiger charge is -2.32. The quantitative estimate of drug-likeness (QED) is 0.858. The van der Waals surface area contributed by atoms with E-state index in [9.17, 15) is 13.2 Å². The van der Waals surface area contributed by atoms with E-state index in [0.717, 1.165) is 36.9 Å². The summed E-state index contributed by atoms with van der Waals surface area (Å²) in [6.07, 6.45) is 3.43. The first kappa shape index (κ1) is 20.2. The van der Waals surface area contributed by atoms with Crippen molar-refractivity contribution in [2.75, 3.05) is 31.6 Å². The number of anilines is 1. The second-order valence-corrected chi connectivity index (χ2v) is 8.47. The Bertz CT molecular complexity index is 731. The number of benzene rings is 1. The Morgan fingerprint density at radius 2 is 1.88 bits per heavy atom. The van der Waals surface area contributed by atoms with Crippen molar-refractivity contribution in [3.8, 4) is 0 Å². The molecule has 0 spiro atoms. The standard InChI is InChI=1S/C17H25N3O3S.ClH/c1-13(21)20-9-3-4-14-5-6-16(12-17(14)20)24(22,23)19-10-7-15(18-2)8-11-19;/h5-6,12,15,18H,3-4,7-11H2,1-2H3;1H. The molecule has 8 heteroatoms. The lowest BCUT2D eigenvalue weighted by molar-refractivity contribution is -0.116. The number of rotatable bonds is 3. The molecule has 6 nitrogen and oxygen atoms in total. The third-order valence-electron chi connectivity index (χ3n) is 5.06. The Morgan fingerprint density at radius 3 is 2.48 bits per heavy atom. The molecule has 2 heterocycles. The van der Waals surface area contributed by atoms with Crippen molar-refractivity contribution in [2.24, 2.45) is 0 Å². The number of piperidine rings is 1. The van der Waals surface area contributed by atoms with E-state index < -0.39 is 10.0 Å². The molecular formula is C17H26ClN3O3S. The SMILES string of the molecule is CNC1CCN(S(=O)(=O)c2ccc3c(c2)N(C(C)=O)CCC3)CC1.Cl. The summed E-state index contributed by atoms with van der Waals surface area (Å²) in [6.45, 7) is 3.24. The number of nitrogens with one attached hydrogen (secondary N) is 1. The summed E-state index contributed by atoms with van der Waals surface area (Å²) in [5, 5.41) is 3.21. The molecule has 1 fully saturated rings. The molecule has 1 aromatic rings. The largest absolute Gasteiger partial charge is 0.317 e. The predicted molar refractivity (Wildman–Crippen MR) is 101 cm³/mol. The molecule has 140 valence electrons. The molecule has 1 N–H and O–H groups in total. The molecular weight excluding hydrogens is 362 g/mol. The molecule has 1 aromatic carbocycles. The summed E-state index contributed by atoms with van der Waals surface area (Å²) in [5.74, 6) is -0.0414. The van der Waals surface area contributed by atoms with Crippen molar-refractivity contribution in [3.63, 3.8) is 0 Å². The lowest BCUT2D eigenvalue weighted by Crippen LogP contribution is -2.44. The minimum absolute atomic E-state index is 0. The topological polar surface area (TPSA) is 69.7 Å². The van der Waals surface area contributed by atoms with Crippen LogP contribution in [0.3, 0.4) is 0 Å². The summed E-state index contributed by atoms with van der Waals surface area (Å²) < 4.78 is 27.5. The number of carbonyl (C=O) groups is 1. The first-order chi connectivity index (χ1) is 11.4. The fourth-order valence-corrected chi connectivity index (χ4v) is 5.07. The normalized spacial score (nSPS) is 19.2. The van der Waals surface area contributed by atoms with Crippen LogP contribution in [0.5, 0.6) is 0 Å². The molecule has 0 radical (unpaired) electrons. The number of aryl methyl sites for hydroxylation is 1. The zero-order valence-electron chi connectivity index (χ0n) is 14.7. The zero-order valence-corrected chi connectivity index (χ0v) is 16.3. The fraction of sp³-hybridized carbons (Fsp3) is 0.588. The molecule has 3 rings (SSSR count). The van der Waals surface area contributed by atoms with Crippen LogP contribution in [0.2, 0.25) is 0 Å². The van der Waals surface area contributed by atoms with Crippen LogP contribution in [-0.2, 0) is 21.2 Å². The van der Waals surface area contributed by atoms with Crippen LogP contribution in [0.4, 0.5) is 5.69 Å². The molecule has 0 aliphatic carbocycles. The van der Waals surface area contributed by atoms with E-state index in [1.165, 1.54) is 6.92 Å². The van der Waals surface area contributed by atoms with Crippen molar-refractivity contribution in [3.05, 3.63) is 23.8 Å². The summed E-state index contributed by atoms with van der Waals surface area (Å²) in [6, 6.07) is 5.60. The molecule has 2 aliphatic rings. The second-order valence-electron chi connectivity index (χ2n) is 6.53. The predicted octanol–water partition coefficient (Wildman–Crippen LogP) is 1.78. The van der Waals surface area contributed by atoms with Gasteiger partial charge in [-0.25, -0.2) is 8.42 Å². The fourth-order valence-electron chi connectivity index (χ4n) is 3.58. The van der Waals surface area contributed by atoms with Gasteiger partial charge in [0.2, 0.25) is 15.9 Å². The van der Waals surface area contributed by atoms with Crippen LogP contribution in [0, 0.1) is 0 Å². The Hall–Kier alpha value is -1.15. The molecule has 0 atom stereocenters. The van der Waals surface area contributed by atoms with Crippen LogP contribution < -0.4 is 10.2 Å². The average molecular weight is 388 g/mol. The summed E-state index contributed by atoms with van der Waals surface area (Å²) in [5.41, 5.74) is 1.80. The maximum Gasteiger partial charge on any atom is 0.243 e. The summed E-state index contributed by atoms with van der Waals surface area (Å²) in [4.78, 5) is 13.8. The van der Waals surface area contributed by atoms with Crippen LogP contribution >= 0.6 is 12.4 Å². The van der Waals surface area contributed by atoms with Crippen molar-refractivity contribution >= 4 is 34.0 Å². The van der Waals surface area contributed by atoms with Gasteiger partial charge in [-0.3, -0.25) is 4.79 Å². The van der Waals surface area contributed by atoms with Crippen molar-refractivity contribution < 1.29 is 13.2 Å². The van der Waals surface area contributed by atoms with Crippen LogP contribution in [0.25, 0.3) is 0 Å². The van der Waals surface area contributed by atoms with Gasteiger partial charge in [0.25, 0.3) is 0 Å². The summed E-state index contributed by atoms with van der Waals surface area (Å²) in [7, 11) is -1.60. The highest BCUT2D eigenvalue weighted by Crippen LogP contribution is 2.31. The van der Waals surface area contributed by atoms with E-state index in [0.29, 0.717) is 25.7 Å². The number of fused-ring (bicyclic) bond motifs is 1. The Morgan fingerprint density at radius 1 is 1.20 bits per heavy atom. The van der Waals surface area contributed by atoms with Gasteiger partial charge in [-0.15, -0.1) is 12.4 Å². The summed E-state index contributed by atoms with van der Waals surface area (Å²) >= 11 is 0. The van der Waals surface area contributed by atoms with Crippen molar-refractivity contribution in [1.29, 1.82) is 0 Å². The number of carbonyl (C=O) groups excluding carboxylic acids is 1. The first-order valence-corrected chi connectivity index (χ1v) is 9.96. The Labute approximate surface area is 156 Å². The van der Waals surface area contributed by atoms with E-state index >= 15 is 0 Å². The lowest BCUT2D eigenvalue weighted by atomic mass is 10.0. The number of halogens is 1. The van der Waals surface area contributed by atoms with Gasteiger partial charge in [0.15, 0.2) is 0 Å². The third kappa shape index (κ3) is 4.00. The van der Waals surface area contributed by atoms with E-state index in [1.807, 2.05) is 13.1 Å². The molecule has 1 amide bonds. The highest BCUT2D eigenvalue weighted by molar-refractivity contribution is 7.89. The molecule has 0 bridgehead atoms. The minimum atomic E-state index is -3.51. The number of hydrogen-bond acceptors (Lipinski definition) is 4. The minimum Gasteiger partial charge on any atom is -0.317 e. The number of nitrogens with zero attached hydrogens (tertiary/aromatic N) is 2. The zero-order chi connectivity index (χ0) is 17.3. The maximum absolute atomic E-state index is 12.9. The number of sulfonamides is 1. The van der Waals surface area contributed by atoms with Crippen molar-refractivity contribution in [2.45, 2.75) is 43.5 Å². The molecule has 0 unspecified atom stereocenters. The second kappa shape index (κ2) is 8.03. The highest BCUT2D eigenvalue weighted by Gasteiger charge is 2.30. The van der Waals surface area contributed by atoms with E-state index in [1.54, 1.807) is 21.3 Å². The number of amides is 1. The van der Waals surface area contributed by atoms with E-state index in [4.69, 9.17) is 0 Å². The number of hydrogen-bond donors (Lipinski definition) is 1. The average Bonchev–Trinajstić information content (AvgIpc) is 2.60. The molecule has 0 saturated carbocycles. The van der Waals surface area contributed by atoms with Gasteiger partial charge in [0.05, 0.1) is 4.90 Å². The van der Waals surface area contributed by atoms with Crippen LogP contribution in [0.15, 0.2) is 23.1 Å². The Kier molecular flexibility index (Phi) is 6.48. The first-order valence-electron chi connectivity index (χ1n) is 8.52. The Balaban J connectivity index is 0.00000225. The van der Waals surface area contributed by atoms with Gasteiger partial charge in [-0.1, -0.05) is 6.07 Å². The van der Waals surface area contributed by atoms with Gasteiger partial charge in [0.1, 0.15) is 0 Å². The third-order valence-corrected chi connectivity index (χ3v) is 6.95. The van der Waals surface area contributed by atoms with Gasteiger partial charge < -0.3 is 10.2 Å². The smallest absolute Gasteiger partial charge is 0.243 e. The molecule has 2 aliphatic heterocycles. The monoisotopic (exact) mass is 387 g/mol. The van der Waals surface area contributed by atoms with Gasteiger partial charge in [0, 0.05) is 38.3 Å². The molecule has 1 saturated heterocycles. The van der Waals surface area contributed by atoms with Gasteiger partial charge >= 0.3 is 0 Å². The van der Waals surface area contributed by atoms with Crippen LogP contribution in [0.1, 0.15) is 31.7 Å². The van der Waals surface area contributed by atoms with Crippen LogP contribution in [-0.4, -0.2) is 51.4 Å². The van der Waals surface area contributed by atoms with E-state index in [2.05, 4.69) is 5.32 Å². The molecule has 25 heavy (non-hydrogen) atoms. The molecule has 0 aromatic heterocycles. The van der Waals surface area contributed by atoms with Crippen molar-refractivity contribution in [1.82, 2.24) is 9.62 Å². The van der Waals surface area contributed by atoms with Gasteiger partial charge in [-0.05, 0) is 50.4 Å².